The van der Waals surface area contributed by atoms with E-state index in [9.17, 15) is 4.79 Å². The Morgan fingerprint density at radius 3 is 2.95 bits per heavy atom. The van der Waals surface area contributed by atoms with Gasteiger partial charge in [-0.05, 0) is 25.1 Å². The van der Waals surface area contributed by atoms with Gasteiger partial charge in [-0.2, -0.15) is 5.26 Å². The van der Waals surface area contributed by atoms with Gasteiger partial charge in [-0.15, -0.1) is 0 Å². The van der Waals surface area contributed by atoms with Gasteiger partial charge >= 0.3 is 0 Å². The number of nitriles is 1. The van der Waals surface area contributed by atoms with Crippen LogP contribution >= 0.6 is 0 Å². The highest BCUT2D eigenvalue weighted by atomic mass is 16.1. The molecular weight excluding hydrogens is 250 g/mol. The number of pyridine rings is 1. The Morgan fingerprint density at radius 1 is 1.50 bits per heavy atom. The summed E-state index contributed by atoms with van der Waals surface area (Å²) in [6.45, 7) is 5.50. The molecule has 2 heterocycles. The Bertz CT molecular complexity index is 822. The molecule has 2 aromatic heterocycles. The molecule has 0 saturated carbocycles. The van der Waals surface area contributed by atoms with Crippen LogP contribution in [0.3, 0.4) is 0 Å². The number of ketones is 1. The molecule has 0 radical (unpaired) electrons. The molecule has 0 bridgehead atoms. The fraction of sp³-hybridized carbons (Fsp3) is 0.0625. The van der Waals surface area contributed by atoms with Gasteiger partial charge in [0.25, 0.3) is 0 Å². The van der Waals surface area contributed by atoms with E-state index in [0.29, 0.717) is 5.56 Å². The first-order chi connectivity index (χ1) is 9.71. The lowest BCUT2D eigenvalue weighted by molar-refractivity contribution is 0.103. The van der Waals surface area contributed by atoms with E-state index < -0.39 is 0 Å². The lowest BCUT2D eigenvalue weighted by Crippen LogP contribution is -2.27. The third-order valence-electron chi connectivity index (χ3n) is 2.87. The van der Waals surface area contributed by atoms with Crippen molar-refractivity contribution in [2.75, 3.05) is 0 Å². The normalized spacial score (nSPS) is 12.2. The van der Waals surface area contributed by atoms with E-state index in [1.807, 2.05) is 19.1 Å². The summed E-state index contributed by atoms with van der Waals surface area (Å²) < 4.78 is 0. The predicted molar refractivity (Wildman–Crippen MR) is 77.2 cm³/mol. The molecule has 2 aromatic rings. The van der Waals surface area contributed by atoms with Crippen LogP contribution < -0.4 is 10.6 Å². The van der Waals surface area contributed by atoms with Crippen molar-refractivity contribution in [2.24, 2.45) is 0 Å². The van der Waals surface area contributed by atoms with Gasteiger partial charge in [-0.3, -0.25) is 4.79 Å². The van der Waals surface area contributed by atoms with Gasteiger partial charge in [0.2, 0.25) is 5.78 Å². The molecule has 0 aliphatic carbocycles. The third-order valence-corrected chi connectivity index (χ3v) is 2.87. The molecule has 4 nitrogen and oxygen atoms in total. The lowest BCUT2D eigenvalue weighted by atomic mass is 10.1. The van der Waals surface area contributed by atoms with Crippen LogP contribution in [0.1, 0.15) is 28.7 Å². The molecule has 0 fully saturated rings. The molecule has 0 spiro atoms. The Kier molecular flexibility index (Phi) is 3.92. The Hall–Kier alpha value is -2.93. The molecule has 0 atom stereocenters. The fourth-order valence-corrected chi connectivity index (χ4v) is 1.97. The smallest absolute Gasteiger partial charge is 0.213 e. The molecule has 0 amide bonds. The van der Waals surface area contributed by atoms with Gasteiger partial charge in [0.1, 0.15) is 17.5 Å². The van der Waals surface area contributed by atoms with Gasteiger partial charge < -0.3 is 4.98 Å². The first-order valence-corrected chi connectivity index (χ1v) is 6.09. The summed E-state index contributed by atoms with van der Waals surface area (Å²) in [4.78, 5) is 19.5. The van der Waals surface area contributed by atoms with Gasteiger partial charge in [0.05, 0.1) is 0 Å². The second-order valence-corrected chi connectivity index (χ2v) is 4.07. The number of rotatable bonds is 3. The van der Waals surface area contributed by atoms with Gasteiger partial charge in [0.15, 0.2) is 0 Å². The Balaban J connectivity index is 2.58. The number of carbonyl (C=O) groups excluding carboxylic acids is 1. The first-order valence-electron chi connectivity index (χ1n) is 6.09. The molecule has 20 heavy (non-hydrogen) atoms. The van der Waals surface area contributed by atoms with Crippen LogP contribution in [0.4, 0.5) is 0 Å². The second kappa shape index (κ2) is 5.81. The van der Waals surface area contributed by atoms with E-state index >= 15 is 0 Å². The molecule has 0 aromatic carbocycles. The van der Waals surface area contributed by atoms with Gasteiger partial charge in [-0.25, -0.2) is 4.98 Å². The second-order valence-electron chi connectivity index (χ2n) is 4.07. The minimum Gasteiger partial charge on any atom is -0.360 e. The Morgan fingerprint density at radius 2 is 2.30 bits per heavy atom. The maximum Gasteiger partial charge on any atom is 0.213 e. The highest BCUT2D eigenvalue weighted by Gasteiger charge is 2.13. The number of aromatic amines is 1. The Labute approximate surface area is 116 Å². The molecule has 2 rings (SSSR count). The van der Waals surface area contributed by atoms with E-state index in [1.165, 1.54) is 0 Å². The van der Waals surface area contributed by atoms with Crippen LogP contribution in [-0.2, 0) is 0 Å². The van der Waals surface area contributed by atoms with Gasteiger partial charge in [-0.1, -0.05) is 24.8 Å². The summed E-state index contributed by atoms with van der Waals surface area (Å²) in [6, 6.07) is 6.75. The summed E-state index contributed by atoms with van der Waals surface area (Å²) in [7, 11) is 0. The SMILES string of the molecule is C=C/C=c1/[nH]cc(C(=O)c2cccc(C#N)n2)/c1=C/C. The van der Waals surface area contributed by atoms with E-state index in [-0.39, 0.29) is 17.2 Å². The molecule has 98 valence electrons. The molecule has 1 N–H and O–H groups in total. The number of carbonyl (C=O) groups is 1. The van der Waals surface area contributed by atoms with Crippen LogP contribution in [0, 0.1) is 11.3 Å². The zero-order valence-corrected chi connectivity index (χ0v) is 11.1. The summed E-state index contributed by atoms with van der Waals surface area (Å²) >= 11 is 0. The quantitative estimate of drug-likeness (QED) is 0.848. The largest absolute Gasteiger partial charge is 0.360 e. The zero-order valence-electron chi connectivity index (χ0n) is 11.1. The maximum atomic E-state index is 12.5. The average Bonchev–Trinajstić information content (AvgIpc) is 2.89. The zero-order chi connectivity index (χ0) is 14.5. The van der Waals surface area contributed by atoms with Crippen LogP contribution in [0.5, 0.6) is 0 Å². The topological polar surface area (TPSA) is 69.5 Å². The van der Waals surface area contributed by atoms with E-state index in [4.69, 9.17) is 5.26 Å². The number of allylic oxidation sites excluding steroid dienone is 1. The summed E-state index contributed by atoms with van der Waals surface area (Å²) in [5.41, 5.74) is 1.02. The van der Waals surface area contributed by atoms with E-state index in [0.717, 1.165) is 10.6 Å². The van der Waals surface area contributed by atoms with Crippen molar-refractivity contribution in [3.8, 4) is 6.07 Å². The monoisotopic (exact) mass is 263 g/mol. The number of nitrogens with zero attached hydrogens (tertiary/aromatic N) is 2. The molecule has 4 heteroatoms. The van der Waals surface area contributed by atoms with Crippen molar-refractivity contribution < 1.29 is 4.79 Å². The van der Waals surface area contributed by atoms with Crippen molar-refractivity contribution in [3.05, 3.63) is 64.6 Å². The first kappa shape index (κ1) is 13.5. The number of nitrogens with one attached hydrogen (secondary N) is 1. The van der Waals surface area contributed by atoms with Gasteiger partial charge in [0, 0.05) is 22.3 Å². The van der Waals surface area contributed by atoms with Crippen LogP contribution in [0.15, 0.2) is 37.1 Å². The molecular formula is C16H13N3O. The summed E-state index contributed by atoms with van der Waals surface area (Å²) in [5.74, 6) is -0.213. The van der Waals surface area contributed by atoms with Crippen molar-refractivity contribution in [3.63, 3.8) is 0 Å². The predicted octanol–water partition coefficient (Wildman–Crippen LogP) is 1.28. The van der Waals surface area contributed by atoms with Crippen molar-refractivity contribution in [2.45, 2.75) is 6.92 Å². The third kappa shape index (κ3) is 2.43. The van der Waals surface area contributed by atoms with Crippen LogP contribution in [-0.4, -0.2) is 15.8 Å². The average molecular weight is 263 g/mol. The lowest BCUT2D eigenvalue weighted by Gasteiger charge is -1.98. The van der Waals surface area contributed by atoms with Crippen LogP contribution in [0.25, 0.3) is 12.2 Å². The minimum atomic E-state index is -0.213. The standard InChI is InChI=1S/C16H13N3O/c1-3-6-14-12(4-2)13(10-18-14)16(20)15-8-5-7-11(9-17)19-15/h3-8,10,18H,1H2,2H3/b12-4-,14-6+. The number of H-pyrrole nitrogens is 1. The van der Waals surface area contributed by atoms with Crippen LogP contribution in [0.2, 0.25) is 0 Å². The molecule has 0 aliphatic heterocycles. The summed E-state index contributed by atoms with van der Waals surface area (Å²) in [5, 5.41) is 10.5. The van der Waals surface area contributed by atoms with Crippen molar-refractivity contribution in [1.82, 2.24) is 9.97 Å². The molecule has 0 aliphatic rings. The van der Waals surface area contributed by atoms with E-state index in [2.05, 4.69) is 16.5 Å². The highest BCUT2D eigenvalue weighted by Crippen LogP contribution is 2.04. The number of hydrogen-bond donors (Lipinski definition) is 1. The van der Waals surface area contributed by atoms with Crippen molar-refractivity contribution >= 4 is 17.9 Å². The fourth-order valence-electron chi connectivity index (χ4n) is 1.97. The number of aromatic nitrogens is 2. The van der Waals surface area contributed by atoms with Crippen molar-refractivity contribution in [1.29, 1.82) is 5.26 Å². The molecule has 0 unspecified atom stereocenters. The maximum absolute atomic E-state index is 12.5. The molecule has 0 saturated heterocycles. The highest BCUT2D eigenvalue weighted by molar-refractivity contribution is 6.07. The number of hydrogen-bond acceptors (Lipinski definition) is 3. The van der Waals surface area contributed by atoms with E-state index in [1.54, 1.807) is 36.5 Å². The summed E-state index contributed by atoms with van der Waals surface area (Å²) in [6.07, 6.45) is 6.95. The minimum absolute atomic E-state index is 0.213.